The van der Waals surface area contributed by atoms with Crippen molar-refractivity contribution in [2.24, 2.45) is 0 Å². The second kappa shape index (κ2) is 18.0. The molecule has 0 aliphatic carbocycles. The largest absolute Gasteiger partial charge is 0.208 e. The summed E-state index contributed by atoms with van der Waals surface area (Å²) in [4.78, 5) is 30.9. The molecule has 9 aromatic carbocycles. The van der Waals surface area contributed by atoms with E-state index in [2.05, 4.69) is 158 Å². The van der Waals surface area contributed by atoms with Crippen LogP contribution in [-0.4, -0.2) is 29.9 Å². The van der Waals surface area contributed by atoms with Crippen molar-refractivity contribution in [3.05, 3.63) is 243 Å². The molecule has 0 amide bonds. The van der Waals surface area contributed by atoms with Crippen molar-refractivity contribution in [3.8, 4) is 113 Å². The van der Waals surface area contributed by atoms with Crippen LogP contribution < -0.4 is 0 Å². The van der Waals surface area contributed by atoms with E-state index < -0.39 is 0 Å². The van der Waals surface area contributed by atoms with E-state index in [9.17, 15) is 0 Å². The lowest BCUT2D eigenvalue weighted by molar-refractivity contribution is 1.07. The van der Waals surface area contributed by atoms with Gasteiger partial charge in [0.2, 0.25) is 0 Å². The van der Waals surface area contributed by atoms with Crippen molar-refractivity contribution < 1.29 is 0 Å². The van der Waals surface area contributed by atoms with Crippen LogP contribution in [0.1, 0.15) is 0 Å². The molecule has 11 rings (SSSR count). The minimum Gasteiger partial charge on any atom is -0.208 e. The van der Waals surface area contributed by atoms with Gasteiger partial charge in [-0.25, -0.2) is 29.9 Å². The zero-order chi connectivity index (χ0) is 44.1. The topological polar surface area (TPSA) is 77.3 Å². The summed E-state index contributed by atoms with van der Waals surface area (Å²) in [6.45, 7) is 0. The molecule has 0 unspecified atom stereocenters. The van der Waals surface area contributed by atoms with Crippen molar-refractivity contribution in [2.45, 2.75) is 0 Å². The molecule has 0 spiro atoms. The highest BCUT2D eigenvalue weighted by atomic mass is 15.0. The molecule has 6 heteroatoms. The Hall–Kier alpha value is -9.00. The van der Waals surface area contributed by atoms with Gasteiger partial charge < -0.3 is 0 Å². The first-order valence-corrected chi connectivity index (χ1v) is 21.9. The Morgan fingerprint density at radius 2 is 0.455 bits per heavy atom. The van der Waals surface area contributed by atoms with Crippen LogP contribution in [0.25, 0.3) is 113 Å². The van der Waals surface area contributed by atoms with Crippen molar-refractivity contribution in [1.29, 1.82) is 0 Å². The predicted octanol–water partition coefficient (Wildman–Crippen LogP) is 14.7. The molecule has 66 heavy (non-hydrogen) atoms. The van der Waals surface area contributed by atoms with Gasteiger partial charge in [0.15, 0.2) is 34.9 Å². The van der Waals surface area contributed by atoms with E-state index in [-0.39, 0.29) is 0 Å². The number of aromatic nitrogens is 6. The Balaban J connectivity index is 1.07. The fraction of sp³-hybridized carbons (Fsp3) is 0. The Bertz CT molecular complexity index is 3450. The Labute approximate surface area is 383 Å². The van der Waals surface area contributed by atoms with Crippen LogP contribution in [-0.2, 0) is 0 Å². The van der Waals surface area contributed by atoms with Gasteiger partial charge in [-0.2, -0.15) is 0 Å². The molecule has 310 valence electrons. The summed E-state index contributed by atoms with van der Waals surface area (Å²) in [7, 11) is 0. The summed E-state index contributed by atoms with van der Waals surface area (Å²) in [6, 6.07) is 83.0. The van der Waals surface area contributed by atoms with Crippen LogP contribution in [0.3, 0.4) is 0 Å². The number of hydrogen-bond acceptors (Lipinski definition) is 6. The van der Waals surface area contributed by atoms with E-state index in [1.165, 1.54) is 0 Å². The Morgan fingerprint density at radius 3 is 0.909 bits per heavy atom. The summed E-state index contributed by atoms with van der Waals surface area (Å²) in [5.41, 5.74) is 13.9. The monoisotopic (exact) mass is 844 g/mol. The minimum atomic E-state index is 0.577. The van der Waals surface area contributed by atoms with Crippen molar-refractivity contribution in [2.75, 3.05) is 0 Å². The second-order valence-corrected chi connectivity index (χ2v) is 15.9. The van der Waals surface area contributed by atoms with Gasteiger partial charge in [-0.05, 0) is 62.7 Å². The fourth-order valence-corrected chi connectivity index (χ4v) is 8.32. The summed E-state index contributed by atoms with van der Waals surface area (Å²) < 4.78 is 0. The molecule has 0 N–H and O–H groups in total. The van der Waals surface area contributed by atoms with Gasteiger partial charge in [0, 0.05) is 33.4 Å². The number of benzene rings is 9. The minimum absolute atomic E-state index is 0.577. The molecule has 0 saturated carbocycles. The molecule has 0 aliphatic heterocycles. The Kier molecular flexibility index (Phi) is 10.9. The average Bonchev–Trinajstić information content (AvgIpc) is 3.42. The zero-order valence-corrected chi connectivity index (χ0v) is 35.8. The van der Waals surface area contributed by atoms with E-state index in [0.29, 0.717) is 34.9 Å². The number of hydrogen-bond donors (Lipinski definition) is 0. The lowest BCUT2D eigenvalue weighted by atomic mass is 9.90. The third-order valence-electron chi connectivity index (χ3n) is 11.6. The molecular formula is C60H40N6. The van der Waals surface area contributed by atoms with Gasteiger partial charge in [-0.15, -0.1) is 0 Å². The first-order valence-electron chi connectivity index (χ1n) is 21.9. The quantitative estimate of drug-likeness (QED) is 0.136. The normalized spacial score (nSPS) is 11.0. The molecule has 0 bridgehead atoms. The zero-order valence-electron chi connectivity index (χ0n) is 35.8. The SMILES string of the molecule is c1ccc(-c2cccc(-c3nc(-c4ccccc4)nc(-c4ccc(-c5ccccc5-c5nc(-c6ccccc6)nc(-c6cccc(-c7ccccc7)c6)n5)c(-c5ccccc5)c4)n3)c2)cc1. The van der Waals surface area contributed by atoms with Gasteiger partial charge in [0.25, 0.3) is 0 Å². The summed E-state index contributed by atoms with van der Waals surface area (Å²) >= 11 is 0. The van der Waals surface area contributed by atoms with Crippen LogP contribution in [0.4, 0.5) is 0 Å². The summed E-state index contributed by atoms with van der Waals surface area (Å²) in [6.07, 6.45) is 0. The molecule has 0 fully saturated rings. The summed E-state index contributed by atoms with van der Waals surface area (Å²) in [5, 5.41) is 0. The standard InChI is InChI=1S/C60H40N6/c1-6-20-41(21-7-1)46-30-18-32-48(38-46)57-61-55(44-26-12-4-13-27-44)62-59(64-57)50-36-37-52(54(40-50)43-24-10-3-11-25-43)51-34-16-17-35-53(51)60-65-56(45-28-14-5-15-29-45)63-58(66-60)49-33-19-31-47(39-49)42-22-8-2-9-23-42/h1-40H. The van der Waals surface area contributed by atoms with E-state index >= 15 is 0 Å². The van der Waals surface area contributed by atoms with Crippen LogP contribution in [0.15, 0.2) is 243 Å². The van der Waals surface area contributed by atoms with Crippen LogP contribution in [0.5, 0.6) is 0 Å². The maximum atomic E-state index is 5.24. The smallest absolute Gasteiger partial charge is 0.164 e. The lowest BCUT2D eigenvalue weighted by Gasteiger charge is -2.17. The maximum absolute atomic E-state index is 5.24. The van der Waals surface area contributed by atoms with Gasteiger partial charge in [-0.3, -0.25) is 0 Å². The predicted molar refractivity (Wildman–Crippen MR) is 268 cm³/mol. The molecule has 11 aromatic rings. The molecule has 6 nitrogen and oxygen atoms in total. The van der Waals surface area contributed by atoms with Crippen LogP contribution in [0.2, 0.25) is 0 Å². The molecule has 0 radical (unpaired) electrons. The highest BCUT2D eigenvalue weighted by molar-refractivity contribution is 5.92. The molecule has 0 aliphatic rings. The Morgan fingerprint density at radius 1 is 0.152 bits per heavy atom. The van der Waals surface area contributed by atoms with Gasteiger partial charge in [0.1, 0.15) is 0 Å². The van der Waals surface area contributed by atoms with E-state index in [1.807, 2.05) is 84.9 Å². The van der Waals surface area contributed by atoms with Crippen molar-refractivity contribution in [1.82, 2.24) is 29.9 Å². The average molecular weight is 845 g/mol. The highest BCUT2D eigenvalue weighted by Crippen LogP contribution is 2.40. The lowest BCUT2D eigenvalue weighted by Crippen LogP contribution is -2.02. The molecule has 0 saturated heterocycles. The first-order chi connectivity index (χ1) is 32.7. The van der Waals surface area contributed by atoms with Gasteiger partial charge >= 0.3 is 0 Å². The summed E-state index contributed by atoms with van der Waals surface area (Å²) in [5.74, 6) is 3.55. The van der Waals surface area contributed by atoms with E-state index in [1.54, 1.807) is 0 Å². The van der Waals surface area contributed by atoms with E-state index in [0.717, 1.165) is 77.9 Å². The molecule has 2 aromatic heterocycles. The third-order valence-corrected chi connectivity index (χ3v) is 11.6. The molecular weight excluding hydrogens is 805 g/mol. The maximum Gasteiger partial charge on any atom is 0.164 e. The van der Waals surface area contributed by atoms with Gasteiger partial charge in [0.05, 0.1) is 0 Å². The van der Waals surface area contributed by atoms with Crippen LogP contribution >= 0.6 is 0 Å². The van der Waals surface area contributed by atoms with Gasteiger partial charge in [-0.1, -0.05) is 224 Å². The molecule has 2 heterocycles. The first kappa shape index (κ1) is 39.8. The van der Waals surface area contributed by atoms with Crippen molar-refractivity contribution >= 4 is 0 Å². The third kappa shape index (κ3) is 8.30. The van der Waals surface area contributed by atoms with Crippen LogP contribution in [0, 0.1) is 0 Å². The van der Waals surface area contributed by atoms with E-state index in [4.69, 9.17) is 29.9 Å². The fourth-order valence-electron chi connectivity index (χ4n) is 8.32. The number of rotatable bonds is 10. The number of nitrogens with zero attached hydrogens (tertiary/aromatic N) is 6. The van der Waals surface area contributed by atoms with Crippen molar-refractivity contribution in [3.63, 3.8) is 0 Å². The highest BCUT2D eigenvalue weighted by Gasteiger charge is 2.20. The molecule has 0 atom stereocenters. The second-order valence-electron chi connectivity index (χ2n) is 15.9.